The van der Waals surface area contributed by atoms with E-state index in [0.717, 1.165) is 0 Å². The van der Waals surface area contributed by atoms with Crippen molar-refractivity contribution in [3.8, 4) is 0 Å². The number of ketones is 1. The van der Waals surface area contributed by atoms with Gasteiger partial charge in [-0.3, -0.25) is 4.79 Å². The van der Waals surface area contributed by atoms with E-state index in [4.69, 9.17) is 10.6 Å². The summed E-state index contributed by atoms with van der Waals surface area (Å²) in [7, 11) is 0. The lowest BCUT2D eigenvalue weighted by Gasteiger charge is -1.91. The van der Waals surface area contributed by atoms with Gasteiger partial charge in [-0.05, 0) is 5.53 Å². The summed E-state index contributed by atoms with van der Waals surface area (Å²) in [6.07, 6.45) is 0.381. The van der Waals surface area contributed by atoms with Crippen LogP contribution >= 0.6 is 0 Å². The maximum Gasteiger partial charge on any atom is 0.135 e. The molecule has 0 spiro atoms. The molecule has 5 nitrogen and oxygen atoms in total. The largest absolute Gasteiger partial charge is 0.396 e. The molecule has 0 rings (SSSR count). The molecule has 0 aromatic rings. The van der Waals surface area contributed by atoms with Gasteiger partial charge in [-0.15, -0.1) is 0 Å². The van der Waals surface area contributed by atoms with Crippen molar-refractivity contribution in [1.82, 2.24) is 0 Å². The predicted octanol–water partition coefficient (Wildman–Crippen LogP) is 0.638. The van der Waals surface area contributed by atoms with Gasteiger partial charge in [0.05, 0.1) is 0 Å². The summed E-state index contributed by atoms with van der Waals surface area (Å²) in [4.78, 5) is 13.1. The maximum atomic E-state index is 10.6. The lowest BCUT2D eigenvalue weighted by atomic mass is 10.2. The van der Waals surface area contributed by atoms with Crippen LogP contribution in [0.4, 0.5) is 0 Å². The van der Waals surface area contributed by atoms with Crippen LogP contribution in [0.1, 0.15) is 12.8 Å². The number of aliphatic hydroxyl groups excluding tert-OH is 1. The third-order valence-electron chi connectivity index (χ3n) is 0.945. The fraction of sp³-hybridized carbons (Fsp3) is 0.800. The lowest BCUT2D eigenvalue weighted by molar-refractivity contribution is -0.119. The Kier molecular flexibility index (Phi) is 5.42. The Morgan fingerprint density at radius 3 is 2.80 bits per heavy atom. The highest BCUT2D eigenvalue weighted by Crippen LogP contribution is 1.89. The molecule has 0 fully saturated rings. The molecule has 0 atom stereocenters. The average molecular weight is 143 g/mol. The van der Waals surface area contributed by atoms with Gasteiger partial charge in [-0.1, -0.05) is 5.11 Å². The standard InChI is InChI=1S/C5H9N3O2/c6-8-7-3-1-5(10)2-4-9/h9H,1-4H2. The summed E-state index contributed by atoms with van der Waals surface area (Å²) >= 11 is 0. The molecule has 0 heterocycles. The molecular weight excluding hydrogens is 134 g/mol. The highest BCUT2D eigenvalue weighted by Gasteiger charge is 1.97. The third kappa shape index (κ3) is 5.08. The minimum absolute atomic E-state index is 0.0742. The Bertz CT molecular complexity index is 151. The molecule has 0 unspecified atom stereocenters. The second kappa shape index (κ2) is 6.07. The maximum absolute atomic E-state index is 10.6. The molecule has 0 saturated heterocycles. The van der Waals surface area contributed by atoms with E-state index >= 15 is 0 Å². The van der Waals surface area contributed by atoms with E-state index in [1.165, 1.54) is 0 Å². The van der Waals surface area contributed by atoms with E-state index < -0.39 is 0 Å². The predicted molar refractivity (Wildman–Crippen MR) is 35.3 cm³/mol. The van der Waals surface area contributed by atoms with Crippen LogP contribution in [-0.2, 0) is 4.79 Å². The van der Waals surface area contributed by atoms with Crippen LogP contribution < -0.4 is 0 Å². The highest BCUT2D eigenvalue weighted by molar-refractivity contribution is 5.78. The molecule has 0 amide bonds. The van der Waals surface area contributed by atoms with E-state index in [-0.39, 0.29) is 31.8 Å². The van der Waals surface area contributed by atoms with Crippen LogP contribution in [0.5, 0.6) is 0 Å². The first-order valence-corrected chi connectivity index (χ1v) is 2.94. The number of carbonyl (C=O) groups excluding carboxylic acids is 1. The summed E-state index contributed by atoms with van der Waals surface area (Å²) in [5, 5.41) is 11.4. The second-order valence-electron chi connectivity index (χ2n) is 1.72. The summed E-state index contributed by atoms with van der Waals surface area (Å²) in [5.74, 6) is -0.0742. The Labute approximate surface area is 58.3 Å². The van der Waals surface area contributed by atoms with Crippen molar-refractivity contribution in [2.45, 2.75) is 12.8 Å². The Morgan fingerprint density at radius 1 is 1.60 bits per heavy atom. The molecule has 0 radical (unpaired) electrons. The van der Waals surface area contributed by atoms with Gasteiger partial charge in [-0.25, -0.2) is 0 Å². The monoisotopic (exact) mass is 143 g/mol. The number of hydrogen-bond donors (Lipinski definition) is 1. The molecule has 10 heavy (non-hydrogen) atoms. The topological polar surface area (TPSA) is 86.1 Å². The van der Waals surface area contributed by atoms with Crippen LogP contribution in [0.15, 0.2) is 5.11 Å². The van der Waals surface area contributed by atoms with Crippen LogP contribution in [0.2, 0.25) is 0 Å². The van der Waals surface area contributed by atoms with Gasteiger partial charge < -0.3 is 5.11 Å². The number of aliphatic hydroxyl groups is 1. The van der Waals surface area contributed by atoms with Crippen LogP contribution in [0.25, 0.3) is 10.4 Å². The lowest BCUT2D eigenvalue weighted by Crippen LogP contribution is -2.01. The van der Waals surface area contributed by atoms with Gasteiger partial charge in [0.2, 0.25) is 0 Å². The van der Waals surface area contributed by atoms with Gasteiger partial charge in [0.25, 0.3) is 0 Å². The molecule has 1 N–H and O–H groups in total. The summed E-state index contributed by atoms with van der Waals surface area (Å²) in [6, 6.07) is 0. The van der Waals surface area contributed by atoms with Gasteiger partial charge in [0.15, 0.2) is 0 Å². The van der Waals surface area contributed by atoms with Gasteiger partial charge in [0.1, 0.15) is 5.78 Å². The van der Waals surface area contributed by atoms with Crippen LogP contribution in [-0.4, -0.2) is 24.0 Å². The van der Waals surface area contributed by atoms with Crippen molar-refractivity contribution in [3.05, 3.63) is 10.4 Å². The molecule has 0 aliphatic heterocycles. The van der Waals surface area contributed by atoms with Crippen LogP contribution in [0.3, 0.4) is 0 Å². The fourth-order valence-electron chi connectivity index (χ4n) is 0.469. The van der Waals surface area contributed by atoms with Gasteiger partial charge in [0, 0.05) is 30.9 Å². The molecule has 56 valence electrons. The number of azide groups is 1. The molecule has 0 bridgehead atoms. The van der Waals surface area contributed by atoms with Crippen molar-refractivity contribution >= 4 is 5.78 Å². The van der Waals surface area contributed by atoms with E-state index in [1.807, 2.05) is 0 Å². The van der Waals surface area contributed by atoms with Crippen molar-refractivity contribution in [3.63, 3.8) is 0 Å². The summed E-state index contributed by atoms with van der Waals surface area (Å²) in [5.41, 5.74) is 7.81. The van der Waals surface area contributed by atoms with Crippen LogP contribution in [0, 0.1) is 0 Å². The second-order valence-corrected chi connectivity index (χ2v) is 1.72. The number of Topliss-reactive ketones (excluding diaryl/α,β-unsaturated/α-hetero) is 1. The third-order valence-corrected chi connectivity index (χ3v) is 0.945. The Hall–Kier alpha value is -1.06. The minimum atomic E-state index is -0.130. The quantitative estimate of drug-likeness (QED) is 0.347. The Morgan fingerprint density at radius 2 is 2.30 bits per heavy atom. The van der Waals surface area contributed by atoms with E-state index in [9.17, 15) is 4.79 Å². The molecule has 0 aliphatic carbocycles. The first-order valence-electron chi connectivity index (χ1n) is 2.94. The average Bonchev–Trinajstić information content (AvgIpc) is 1.89. The zero-order valence-electron chi connectivity index (χ0n) is 5.53. The minimum Gasteiger partial charge on any atom is -0.396 e. The number of nitrogens with zero attached hydrogens (tertiary/aromatic N) is 3. The zero-order valence-corrected chi connectivity index (χ0v) is 5.53. The van der Waals surface area contributed by atoms with Crippen molar-refractivity contribution < 1.29 is 9.90 Å². The van der Waals surface area contributed by atoms with E-state index in [1.54, 1.807) is 0 Å². The van der Waals surface area contributed by atoms with E-state index in [2.05, 4.69) is 10.0 Å². The van der Waals surface area contributed by atoms with E-state index in [0.29, 0.717) is 0 Å². The molecule has 5 heteroatoms. The number of carbonyl (C=O) groups is 1. The molecule has 0 saturated carbocycles. The SMILES string of the molecule is [N-]=[N+]=NCCC(=O)CCO. The van der Waals surface area contributed by atoms with Crippen molar-refractivity contribution in [2.75, 3.05) is 13.2 Å². The normalized spacial score (nSPS) is 8.50. The first kappa shape index (κ1) is 8.94. The van der Waals surface area contributed by atoms with Gasteiger partial charge in [-0.2, -0.15) is 0 Å². The molecule has 0 aliphatic rings. The summed E-state index contributed by atoms with van der Waals surface area (Å²) in [6.45, 7) is 0.0600. The van der Waals surface area contributed by atoms with Gasteiger partial charge >= 0.3 is 0 Å². The van der Waals surface area contributed by atoms with Crippen molar-refractivity contribution in [2.24, 2.45) is 5.11 Å². The highest BCUT2D eigenvalue weighted by atomic mass is 16.3. The Balaban J connectivity index is 3.30. The first-order chi connectivity index (χ1) is 4.81. The molecule has 0 aromatic carbocycles. The fourth-order valence-corrected chi connectivity index (χ4v) is 0.469. The number of rotatable bonds is 5. The number of hydrogen-bond acceptors (Lipinski definition) is 3. The van der Waals surface area contributed by atoms with Crippen molar-refractivity contribution in [1.29, 1.82) is 0 Å². The molecular formula is C5H9N3O2. The molecule has 0 aromatic heterocycles. The zero-order chi connectivity index (χ0) is 7.82. The smallest absolute Gasteiger partial charge is 0.135 e. The summed E-state index contributed by atoms with van der Waals surface area (Å²) < 4.78 is 0.